The molecule has 1 aromatic carbocycles. The van der Waals surface area contributed by atoms with Gasteiger partial charge in [0.2, 0.25) is 5.16 Å². The Hall–Kier alpha value is -1.73. The highest BCUT2D eigenvalue weighted by Crippen LogP contribution is 2.16. The summed E-state index contributed by atoms with van der Waals surface area (Å²) in [5, 5.41) is 14.2. The zero-order valence-electron chi connectivity index (χ0n) is 11.4. The highest BCUT2D eigenvalue weighted by atomic mass is 32.2. The second-order valence-corrected chi connectivity index (χ2v) is 5.71. The highest BCUT2D eigenvalue weighted by molar-refractivity contribution is 7.84. The molecule has 0 saturated heterocycles. The average Bonchev–Trinajstić information content (AvgIpc) is 2.86. The van der Waals surface area contributed by atoms with E-state index in [4.69, 9.17) is 4.74 Å². The Morgan fingerprint density at radius 1 is 1.45 bits per heavy atom. The van der Waals surface area contributed by atoms with Crippen LogP contribution in [-0.4, -0.2) is 43.0 Å². The first-order valence-corrected chi connectivity index (χ1v) is 7.71. The van der Waals surface area contributed by atoms with Crippen LogP contribution in [0.5, 0.6) is 5.75 Å². The van der Waals surface area contributed by atoms with Gasteiger partial charge in [0.05, 0.1) is 17.3 Å². The standard InChI is InChI=1S/C13H17N3O3S/c1-10-5-3-4-6-12(10)19-8-11(17)7-16-9-14-13(15-16)20(2)18/h3-6,9,11,17H,7-8H2,1-2H3. The third kappa shape index (κ3) is 3.88. The van der Waals surface area contributed by atoms with Crippen LogP contribution in [0.25, 0.3) is 0 Å². The molecule has 1 heterocycles. The lowest BCUT2D eigenvalue weighted by Crippen LogP contribution is -2.24. The number of hydrogen-bond acceptors (Lipinski definition) is 5. The van der Waals surface area contributed by atoms with Crippen LogP contribution in [0.15, 0.2) is 35.7 Å². The second kappa shape index (κ2) is 6.62. The van der Waals surface area contributed by atoms with Gasteiger partial charge in [-0.15, -0.1) is 5.10 Å². The highest BCUT2D eigenvalue weighted by Gasteiger charge is 2.10. The summed E-state index contributed by atoms with van der Waals surface area (Å²) in [4.78, 5) is 3.90. The Balaban J connectivity index is 1.87. The first-order valence-electron chi connectivity index (χ1n) is 6.15. The van der Waals surface area contributed by atoms with Crippen molar-refractivity contribution in [3.8, 4) is 5.75 Å². The molecule has 2 aromatic rings. The lowest BCUT2D eigenvalue weighted by molar-refractivity contribution is 0.0886. The molecule has 0 bridgehead atoms. The van der Waals surface area contributed by atoms with Gasteiger partial charge in [-0.25, -0.2) is 9.67 Å². The van der Waals surface area contributed by atoms with Crippen LogP contribution in [0.3, 0.4) is 0 Å². The van der Waals surface area contributed by atoms with Gasteiger partial charge in [-0.3, -0.25) is 4.21 Å². The van der Waals surface area contributed by atoms with Crippen molar-refractivity contribution in [2.45, 2.75) is 24.7 Å². The predicted octanol–water partition coefficient (Wildman–Crippen LogP) is 0.764. The van der Waals surface area contributed by atoms with Crippen molar-refractivity contribution >= 4 is 10.8 Å². The molecule has 1 N–H and O–H groups in total. The molecular formula is C13H17N3O3S. The van der Waals surface area contributed by atoms with Crippen LogP contribution >= 0.6 is 0 Å². The molecule has 0 spiro atoms. The maximum absolute atomic E-state index is 11.2. The fraction of sp³-hybridized carbons (Fsp3) is 0.385. The minimum Gasteiger partial charge on any atom is -0.491 e. The summed E-state index contributed by atoms with van der Waals surface area (Å²) in [6.07, 6.45) is 2.25. The largest absolute Gasteiger partial charge is 0.491 e. The Morgan fingerprint density at radius 2 is 2.20 bits per heavy atom. The maximum Gasteiger partial charge on any atom is 0.238 e. The molecule has 20 heavy (non-hydrogen) atoms. The zero-order chi connectivity index (χ0) is 14.5. The summed E-state index contributed by atoms with van der Waals surface area (Å²) in [5.74, 6) is 0.750. The van der Waals surface area contributed by atoms with E-state index >= 15 is 0 Å². The van der Waals surface area contributed by atoms with E-state index in [1.54, 1.807) is 0 Å². The molecule has 2 rings (SSSR count). The van der Waals surface area contributed by atoms with Crippen molar-refractivity contribution in [2.75, 3.05) is 12.9 Å². The number of aliphatic hydroxyl groups is 1. The molecule has 1 aromatic heterocycles. The van der Waals surface area contributed by atoms with Crippen molar-refractivity contribution in [1.82, 2.24) is 14.8 Å². The SMILES string of the molecule is Cc1ccccc1OCC(O)Cn1cnc(S(C)=O)n1. The molecule has 2 unspecified atom stereocenters. The monoisotopic (exact) mass is 295 g/mol. The van der Waals surface area contributed by atoms with E-state index < -0.39 is 16.9 Å². The number of aryl methyl sites for hydroxylation is 1. The molecule has 0 aliphatic carbocycles. The smallest absolute Gasteiger partial charge is 0.238 e. The lowest BCUT2D eigenvalue weighted by atomic mass is 10.2. The molecule has 6 nitrogen and oxygen atoms in total. The van der Waals surface area contributed by atoms with E-state index in [0.29, 0.717) is 0 Å². The Bertz CT molecular complexity index is 600. The number of para-hydroxylation sites is 1. The summed E-state index contributed by atoms with van der Waals surface area (Å²) in [6.45, 7) is 2.35. The molecule has 0 aliphatic rings. The summed E-state index contributed by atoms with van der Waals surface area (Å²) >= 11 is 0. The van der Waals surface area contributed by atoms with Crippen LogP contribution in [0, 0.1) is 6.92 Å². The fourth-order valence-electron chi connectivity index (χ4n) is 1.67. The van der Waals surface area contributed by atoms with Gasteiger partial charge in [-0.05, 0) is 18.6 Å². The number of hydrogen-bond donors (Lipinski definition) is 1. The Kier molecular flexibility index (Phi) is 4.86. The van der Waals surface area contributed by atoms with Crippen LogP contribution in [-0.2, 0) is 17.3 Å². The van der Waals surface area contributed by atoms with Crippen molar-refractivity contribution in [1.29, 1.82) is 0 Å². The van der Waals surface area contributed by atoms with E-state index in [0.717, 1.165) is 11.3 Å². The predicted molar refractivity (Wildman–Crippen MR) is 75.0 cm³/mol. The number of benzene rings is 1. The summed E-state index contributed by atoms with van der Waals surface area (Å²) < 4.78 is 18.2. The van der Waals surface area contributed by atoms with Crippen LogP contribution in [0.1, 0.15) is 5.56 Å². The summed E-state index contributed by atoms with van der Waals surface area (Å²) in [6, 6.07) is 7.62. The van der Waals surface area contributed by atoms with Gasteiger partial charge in [-0.2, -0.15) is 0 Å². The van der Waals surface area contributed by atoms with E-state index in [-0.39, 0.29) is 18.3 Å². The minimum absolute atomic E-state index is 0.162. The second-order valence-electron chi connectivity index (χ2n) is 4.43. The number of aliphatic hydroxyl groups excluding tert-OH is 1. The molecule has 2 atom stereocenters. The average molecular weight is 295 g/mol. The summed E-state index contributed by atoms with van der Waals surface area (Å²) in [5.41, 5.74) is 1.02. The summed E-state index contributed by atoms with van der Waals surface area (Å²) in [7, 11) is -1.22. The number of aromatic nitrogens is 3. The van der Waals surface area contributed by atoms with E-state index in [1.807, 2.05) is 31.2 Å². The van der Waals surface area contributed by atoms with Gasteiger partial charge in [0.1, 0.15) is 24.8 Å². The maximum atomic E-state index is 11.2. The third-order valence-electron chi connectivity index (χ3n) is 2.70. The van der Waals surface area contributed by atoms with Gasteiger partial charge in [0.15, 0.2) is 0 Å². The van der Waals surface area contributed by atoms with E-state index in [1.165, 1.54) is 17.3 Å². The van der Waals surface area contributed by atoms with Crippen molar-refractivity contribution < 1.29 is 14.1 Å². The quantitative estimate of drug-likeness (QED) is 0.851. The van der Waals surface area contributed by atoms with Crippen LogP contribution < -0.4 is 4.74 Å². The first-order chi connectivity index (χ1) is 9.56. The first kappa shape index (κ1) is 14.7. The topological polar surface area (TPSA) is 77.2 Å². The van der Waals surface area contributed by atoms with Gasteiger partial charge < -0.3 is 9.84 Å². The number of ether oxygens (including phenoxy) is 1. The van der Waals surface area contributed by atoms with Gasteiger partial charge in [-0.1, -0.05) is 18.2 Å². The van der Waals surface area contributed by atoms with Gasteiger partial charge in [0, 0.05) is 6.26 Å². The van der Waals surface area contributed by atoms with Crippen LogP contribution in [0.4, 0.5) is 0 Å². The fourth-order valence-corrected chi connectivity index (χ4v) is 2.09. The van der Waals surface area contributed by atoms with Crippen molar-refractivity contribution in [3.63, 3.8) is 0 Å². The van der Waals surface area contributed by atoms with E-state index in [2.05, 4.69) is 10.1 Å². The van der Waals surface area contributed by atoms with Crippen molar-refractivity contribution in [3.05, 3.63) is 36.2 Å². The molecule has 0 aliphatic heterocycles. The molecule has 0 radical (unpaired) electrons. The van der Waals surface area contributed by atoms with Gasteiger partial charge in [0.25, 0.3) is 0 Å². The molecule has 0 fully saturated rings. The number of rotatable bonds is 6. The molecular weight excluding hydrogens is 278 g/mol. The Morgan fingerprint density at radius 3 is 2.85 bits per heavy atom. The van der Waals surface area contributed by atoms with Crippen molar-refractivity contribution in [2.24, 2.45) is 0 Å². The van der Waals surface area contributed by atoms with Gasteiger partial charge >= 0.3 is 0 Å². The molecule has 7 heteroatoms. The van der Waals surface area contributed by atoms with E-state index in [9.17, 15) is 9.32 Å². The molecule has 108 valence electrons. The molecule has 0 amide bonds. The molecule has 0 saturated carbocycles. The third-order valence-corrected chi connectivity index (χ3v) is 3.40. The van der Waals surface area contributed by atoms with Crippen LogP contribution in [0.2, 0.25) is 0 Å². The Labute approximate surface area is 119 Å². The lowest BCUT2D eigenvalue weighted by Gasteiger charge is -2.13. The zero-order valence-corrected chi connectivity index (χ0v) is 12.2. The number of nitrogens with zero attached hydrogens (tertiary/aromatic N) is 3. The normalized spacial score (nSPS) is 13.9. The minimum atomic E-state index is -1.22.